The number of rotatable bonds is 5. The van der Waals surface area contributed by atoms with Crippen LogP contribution in [0, 0.1) is 6.92 Å². The molecule has 0 aliphatic carbocycles. The molecule has 2 atom stereocenters. The van der Waals surface area contributed by atoms with Gasteiger partial charge in [-0.15, -0.1) is 10.2 Å². The summed E-state index contributed by atoms with van der Waals surface area (Å²) < 4.78 is 42.0. The predicted molar refractivity (Wildman–Crippen MR) is 117 cm³/mol. The van der Waals surface area contributed by atoms with E-state index in [-0.39, 0.29) is 5.69 Å². The minimum absolute atomic E-state index is 0.271. The van der Waals surface area contributed by atoms with Gasteiger partial charge in [-0.2, -0.15) is 13.2 Å². The Bertz CT molecular complexity index is 1110. The minimum atomic E-state index is -4.58. The summed E-state index contributed by atoms with van der Waals surface area (Å²) in [5.74, 6) is 0.199. The Morgan fingerprint density at radius 1 is 1.16 bits per heavy atom. The van der Waals surface area contributed by atoms with Gasteiger partial charge in [0, 0.05) is 6.42 Å². The van der Waals surface area contributed by atoms with Crippen molar-refractivity contribution in [1.82, 2.24) is 14.9 Å². The van der Waals surface area contributed by atoms with Crippen molar-refractivity contribution in [2.45, 2.75) is 49.3 Å². The molecule has 0 spiro atoms. The summed E-state index contributed by atoms with van der Waals surface area (Å²) in [5.41, 5.74) is 4.06. The lowest BCUT2D eigenvalue weighted by molar-refractivity contribution is -0.137. The number of carbonyl (C=O) groups excluding carboxylic acids is 1. The normalized spacial score (nSPS) is 18.0. The van der Waals surface area contributed by atoms with Gasteiger partial charge in [0.05, 0.1) is 17.3 Å². The van der Waals surface area contributed by atoms with Crippen LogP contribution in [0.2, 0.25) is 0 Å². The molecule has 2 unspecified atom stereocenters. The van der Waals surface area contributed by atoms with E-state index in [0.29, 0.717) is 11.6 Å². The highest BCUT2D eigenvalue weighted by molar-refractivity contribution is 8.00. The summed E-state index contributed by atoms with van der Waals surface area (Å²) in [5, 5.41) is 10.6. The third-order valence-electron chi connectivity index (χ3n) is 5.16. The second-order valence-electron chi connectivity index (χ2n) is 7.57. The molecule has 1 aliphatic rings. The fourth-order valence-corrected chi connectivity index (χ4v) is 4.65. The Morgan fingerprint density at radius 3 is 2.56 bits per heavy atom. The van der Waals surface area contributed by atoms with Crippen LogP contribution >= 0.6 is 11.8 Å². The number of hydrogen-bond donors (Lipinski definition) is 2. The number of hydrogen-bond acceptors (Lipinski definition) is 5. The summed E-state index contributed by atoms with van der Waals surface area (Å²) in [6.07, 6.45) is -3.00. The van der Waals surface area contributed by atoms with Crippen molar-refractivity contribution in [2.75, 3.05) is 10.7 Å². The molecule has 1 aromatic heterocycles. The predicted octanol–water partition coefficient (Wildman–Crippen LogP) is 4.96. The molecule has 168 valence electrons. The number of alkyl halides is 3. The van der Waals surface area contributed by atoms with E-state index in [0.717, 1.165) is 29.4 Å². The molecule has 2 aromatic carbocycles. The number of benzene rings is 2. The van der Waals surface area contributed by atoms with Crippen LogP contribution in [0.3, 0.4) is 0 Å². The van der Waals surface area contributed by atoms with Gasteiger partial charge in [0.1, 0.15) is 5.25 Å². The average molecular weight is 462 g/mol. The maximum atomic E-state index is 13.4. The number of aromatic nitrogens is 3. The number of nitrogens with one attached hydrogen (secondary N) is 2. The molecule has 0 saturated carbocycles. The van der Waals surface area contributed by atoms with Crippen LogP contribution in [0.15, 0.2) is 53.7 Å². The van der Waals surface area contributed by atoms with Gasteiger partial charge in [0.2, 0.25) is 11.1 Å². The summed E-state index contributed by atoms with van der Waals surface area (Å²) in [7, 11) is 0. The van der Waals surface area contributed by atoms with E-state index in [9.17, 15) is 18.0 Å². The number of para-hydroxylation sites is 1. The van der Waals surface area contributed by atoms with Crippen molar-refractivity contribution in [3.8, 4) is 0 Å². The molecule has 1 aliphatic heterocycles. The summed E-state index contributed by atoms with van der Waals surface area (Å²) in [6, 6.07) is 12.2. The molecular weight excluding hydrogens is 439 g/mol. The van der Waals surface area contributed by atoms with Gasteiger partial charge in [0.15, 0.2) is 5.82 Å². The molecule has 0 radical (unpaired) electrons. The number of aryl methyl sites for hydroxylation is 2. The zero-order chi connectivity index (χ0) is 22.9. The van der Waals surface area contributed by atoms with Crippen molar-refractivity contribution in [1.29, 1.82) is 0 Å². The standard InChI is InChI=1S/C22H22F3N5OS/c1-3-6-17-27-28-21-30(17)29-18(14-11-9-13(2)10-12-14)19(32-21)20(31)26-16-8-5-4-7-15(16)22(23,24)25/h4-5,7-12,18-19,29H,3,6H2,1-2H3,(H,26,31). The average Bonchev–Trinajstić information content (AvgIpc) is 3.15. The van der Waals surface area contributed by atoms with Gasteiger partial charge in [-0.3, -0.25) is 4.79 Å². The maximum absolute atomic E-state index is 13.4. The first kappa shape index (κ1) is 22.2. The van der Waals surface area contributed by atoms with Crippen LogP contribution in [0.25, 0.3) is 0 Å². The largest absolute Gasteiger partial charge is 0.418 e. The fourth-order valence-electron chi connectivity index (χ4n) is 3.55. The van der Waals surface area contributed by atoms with Gasteiger partial charge >= 0.3 is 6.18 Å². The molecule has 1 amide bonds. The lowest BCUT2D eigenvalue weighted by Gasteiger charge is -2.33. The minimum Gasteiger partial charge on any atom is -0.324 e. The van der Waals surface area contributed by atoms with Crippen molar-refractivity contribution in [2.24, 2.45) is 0 Å². The first-order valence-corrected chi connectivity index (χ1v) is 11.1. The molecule has 2 N–H and O–H groups in total. The van der Waals surface area contributed by atoms with Crippen molar-refractivity contribution < 1.29 is 18.0 Å². The molecule has 32 heavy (non-hydrogen) atoms. The fraction of sp³-hybridized carbons (Fsp3) is 0.318. The first-order chi connectivity index (χ1) is 15.3. The number of fused-ring (bicyclic) bond motifs is 1. The van der Waals surface area contributed by atoms with E-state index in [1.54, 1.807) is 4.68 Å². The third kappa shape index (κ3) is 4.45. The molecular formula is C22H22F3N5OS. The highest BCUT2D eigenvalue weighted by Gasteiger charge is 2.39. The monoisotopic (exact) mass is 461 g/mol. The lowest BCUT2D eigenvalue weighted by Crippen LogP contribution is -2.41. The van der Waals surface area contributed by atoms with E-state index >= 15 is 0 Å². The molecule has 0 saturated heterocycles. The quantitative estimate of drug-likeness (QED) is 0.562. The lowest BCUT2D eigenvalue weighted by atomic mass is 10.0. The zero-order valence-corrected chi connectivity index (χ0v) is 18.3. The van der Waals surface area contributed by atoms with Crippen LogP contribution < -0.4 is 10.7 Å². The van der Waals surface area contributed by atoms with Crippen LogP contribution in [0.1, 0.15) is 41.9 Å². The number of carbonyl (C=O) groups is 1. The van der Waals surface area contributed by atoms with Crippen LogP contribution in [0.5, 0.6) is 0 Å². The first-order valence-electron chi connectivity index (χ1n) is 10.2. The van der Waals surface area contributed by atoms with Gasteiger partial charge in [-0.25, -0.2) is 4.68 Å². The molecule has 0 bridgehead atoms. The van der Waals surface area contributed by atoms with Crippen LogP contribution in [-0.4, -0.2) is 26.0 Å². The third-order valence-corrected chi connectivity index (χ3v) is 6.38. The van der Waals surface area contributed by atoms with E-state index in [2.05, 4.69) is 20.9 Å². The van der Waals surface area contributed by atoms with Crippen molar-refractivity contribution in [3.05, 3.63) is 71.0 Å². The summed E-state index contributed by atoms with van der Waals surface area (Å²) >= 11 is 1.19. The second-order valence-corrected chi connectivity index (χ2v) is 8.68. The SMILES string of the molecule is CCCc1nnc2n1NC(c1ccc(C)cc1)C(C(=O)Nc1ccccc1C(F)(F)F)S2. The second kappa shape index (κ2) is 8.85. The summed E-state index contributed by atoms with van der Waals surface area (Å²) in [4.78, 5) is 13.2. The van der Waals surface area contributed by atoms with Gasteiger partial charge in [-0.05, 0) is 31.0 Å². The van der Waals surface area contributed by atoms with Crippen LogP contribution in [0.4, 0.5) is 18.9 Å². The number of nitrogens with zero attached hydrogens (tertiary/aromatic N) is 3. The molecule has 10 heteroatoms. The number of amides is 1. The molecule has 3 aromatic rings. The Labute approximate surface area is 187 Å². The molecule has 6 nitrogen and oxygen atoms in total. The van der Waals surface area contributed by atoms with E-state index < -0.39 is 28.9 Å². The van der Waals surface area contributed by atoms with E-state index in [1.807, 2.05) is 38.1 Å². The molecule has 0 fully saturated rings. The highest BCUT2D eigenvalue weighted by atomic mass is 32.2. The number of anilines is 1. The maximum Gasteiger partial charge on any atom is 0.418 e. The van der Waals surface area contributed by atoms with Crippen molar-refractivity contribution >= 4 is 23.4 Å². The number of thioether (sulfide) groups is 1. The van der Waals surface area contributed by atoms with E-state index in [1.165, 1.54) is 30.0 Å². The number of halogens is 3. The zero-order valence-electron chi connectivity index (χ0n) is 17.5. The van der Waals surface area contributed by atoms with Gasteiger partial charge in [-0.1, -0.05) is 60.6 Å². The van der Waals surface area contributed by atoms with Gasteiger partial charge < -0.3 is 10.7 Å². The van der Waals surface area contributed by atoms with E-state index in [4.69, 9.17) is 0 Å². The Morgan fingerprint density at radius 2 is 1.88 bits per heavy atom. The topological polar surface area (TPSA) is 71.8 Å². The van der Waals surface area contributed by atoms with Crippen molar-refractivity contribution in [3.63, 3.8) is 0 Å². The van der Waals surface area contributed by atoms with Gasteiger partial charge in [0.25, 0.3) is 0 Å². The van der Waals surface area contributed by atoms with Crippen LogP contribution in [-0.2, 0) is 17.4 Å². The molecule has 4 rings (SSSR count). The Kier molecular flexibility index (Phi) is 6.14. The molecule has 2 heterocycles. The Hall–Kier alpha value is -3.01. The summed E-state index contributed by atoms with van der Waals surface area (Å²) in [6.45, 7) is 3.99. The smallest absolute Gasteiger partial charge is 0.324 e. The highest BCUT2D eigenvalue weighted by Crippen LogP contribution is 2.39. The Balaban J connectivity index is 1.68.